The second-order valence-corrected chi connectivity index (χ2v) is 10.7. The Hall–Kier alpha value is -1.76. The molecular weight excluding hydrogens is 362 g/mol. The van der Waals surface area contributed by atoms with Crippen LogP contribution in [0, 0.1) is 5.92 Å². The topological polar surface area (TPSA) is 71.0 Å². The summed E-state index contributed by atoms with van der Waals surface area (Å²) < 4.78 is 29.7. The SMILES string of the molecule is CCNC(=NCc1ccccc1OCC(C)C)N1CCS(=O)(=O)C(C)(C)C1. The first-order chi connectivity index (χ1) is 12.7. The van der Waals surface area contributed by atoms with E-state index in [9.17, 15) is 8.42 Å². The maximum atomic E-state index is 12.3. The molecule has 0 unspecified atom stereocenters. The zero-order chi connectivity index (χ0) is 20.1. The van der Waals surface area contributed by atoms with Crippen molar-refractivity contribution < 1.29 is 13.2 Å². The van der Waals surface area contributed by atoms with Crippen LogP contribution in [-0.4, -0.2) is 56.0 Å². The minimum absolute atomic E-state index is 0.151. The van der Waals surface area contributed by atoms with E-state index in [1.165, 1.54) is 0 Å². The van der Waals surface area contributed by atoms with Crippen molar-refractivity contribution in [1.29, 1.82) is 0 Å². The van der Waals surface area contributed by atoms with Gasteiger partial charge < -0.3 is 15.0 Å². The predicted molar refractivity (Wildman–Crippen MR) is 111 cm³/mol. The molecule has 1 aliphatic rings. The minimum Gasteiger partial charge on any atom is -0.493 e. The summed E-state index contributed by atoms with van der Waals surface area (Å²) in [5.74, 6) is 2.21. The second kappa shape index (κ2) is 8.95. The standard InChI is InChI=1S/C20H33N3O3S/c1-6-21-19(23-11-12-27(24,25)20(4,5)15-23)22-13-17-9-7-8-10-18(17)26-14-16(2)3/h7-10,16H,6,11-15H2,1-5H3,(H,21,22). The number of guanidine groups is 1. The van der Waals surface area contributed by atoms with Crippen LogP contribution in [0.5, 0.6) is 5.75 Å². The smallest absolute Gasteiger partial charge is 0.194 e. The highest BCUT2D eigenvalue weighted by Gasteiger charge is 2.40. The third kappa shape index (κ3) is 5.61. The number of rotatable bonds is 6. The molecule has 2 rings (SSSR count). The Morgan fingerprint density at radius 3 is 2.67 bits per heavy atom. The van der Waals surface area contributed by atoms with Crippen molar-refractivity contribution in [2.75, 3.05) is 32.0 Å². The zero-order valence-electron chi connectivity index (χ0n) is 17.2. The predicted octanol–water partition coefficient (Wildman–Crippen LogP) is 2.70. The molecule has 1 aromatic rings. The number of nitrogens with zero attached hydrogens (tertiary/aromatic N) is 2. The first kappa shape index (κ1) is 21.5. The molecule has 0 atom stereocenters. The van der Waals surface area contributed by atoms with E-state index >= 15 is 0 Å². The summed E-state index contributed by atoms with van der Waals surface area (Å²) in [6.07, 6.45) is 0. The van der Waals surface area contributed by atoms with Crippen LogP contribution in [0.1, 0.15) is 40.2 Å². The molecule has 7 heteroatoms. The number of aliphatic imine (C=N–C) groups is 1. The van der Waals surface area contributed by atoms with E-state index in [0.717, 1.165) is 23.8 Å². The van der Waals surface area contributed by atoms with Crippen molar-refractivity contribution in [2.24, 2.45) is 10.9 Å². The third-order valence-electron chi connectivity index (χ3n) is 4.62. The quantitative estimate of drug-likeness (QED) is 0.592. The van der Waals surface area contributed by atoms with E-state index in [2.05, 4.69) is 19.2 Å². The molecule has 1 N–H and O–H groups in total. The Bertz CT molecular complexity index is 757. The number of nitrogens with one attached hydrogen (secondary N) is 1. The summed E-state index contributed by atoms with van der Waals surface area (Å²) in [7, 11) is -3.08. The van der Waals surface area contributed by atoms with Gasteiger partial charge in [0.05, 0.1) is 23.7 Å². The largest absolute Gasteiger partial charge is 0.493 e. The normalized spacial score (nSPS) is 19.2. The molecule has 0 bridgehead atoms. The fourth-order valence-corrected chi connectivity index (χ4v) is 4.31. The van der Waals surface area contributed by atoms with Gasteiger partial charge in [-0.15, -0.1) is 0 Å². The maximum Gasteiger partial charge on any atom is 0.194 e. The molecule has 152 valence electrons. The van der Waals surface area contributed by atoms with Gasteiger partial charge in [0.1, 0.15) is 5.75 Å². The number of sulfone groups is 1. The highest BCUT2D eigenvalue weighted by molar-refractivity contribution is 7.92. The third-order valence-corrected chi connectivity index (χ3v) is 7.15. The van der Waals surface area contributed by atoms with E-state index in [-0.39, 0.29) is 5.75 Å². The summed E-state index contributed by atoms with van der Waals surface area (Å²) in [5, 5.41) is 3.30. The van der Waals surface area contributed by atoms with Crippen LogP contribution in [-0.2, 0) is 16.4 Å². The molecule has 0 aliphatic carbocycles. The summed E-state index contributed by atoms with van der Waals surface area (Å²) >= 11 is 0. The van der Waals surface area contributed by atoms with Crippen molar-refractivity contribution >= 4 is 15.8 Å². The molecule has 27 heavy (non-hydrogen) atoms. The summed E-state index contributed by atoms with van der Waals surface area (Å²) in [6.45, 7) is 12.6. The van der Waals surface area contributed by atoms with E-state index in [4.69, 9.17) is 9.73 Å². The molecule has 1 aliphatic heterocycles. The minimum atomic E-state index is -3.08. The molecule has 0 aromatic heterocycles. The highest BCUT2D eigenvalue weighted by Crippen LogP contribution is 2.24. The average Bonchev–Trinajstić information content (AvgIpc) is 2.60. The van der Waals surface area contributed by atoms with E-state index < -0.39 is 14.6 Å². The van der Waals surface area contributed by atoms with Gasteiger partial charge in [-0.05, 0) is 32.8 Å². The molecule has 1 aromatic carbocycles. The lowest BCUT2D eigenvalue weighted by Gasteiger charge is -2.39. The molecule has 1 heterocycles. The van der Waals surface area contributed by atoms with Crippen molar-refractivity contribution in [2.45, 2.75) is 45.9 Å². The molecular formula is C20H33N3O3S. The Morgan fingerprint density at radius 2 is 2.04 bits per heavy atom. The van der Waals surface area contributed by atoms with Crippen molar-refractivity contribution in [3.05, 3.63) is 29.8 Å². The lowest BCUT2D eigenvalue weighted by Crippen LogP contribution is -2.57. The maximum absolute atomic E-state index is 12.3. The summed E-state index contributed by atoms with van der Waals surface area (Å²) in [6, 6.07) is 7.94. The van der Waals surface area contributed by atoms with Crippen LogP contribution in [0.2, 0.25) is 0 Å². The Balaban J connectivity index is 2.17. The molecule has 0 radical (unpaired) electrons. The molecule has 0 spiro atoms. The summed E-state index contributed by atoms with van der Waals surface area (Å²) in [4.78, 5) is 6.81. The van der Waals surface area contributed by atoms with E-state index in [0.29, 0.717) is 32.2 Å². The van der Waals surface area contributed by atoms with Gasteiger partial charge in [-0.1, -0.05) is 32.0 Å². The van der Waals surface area contributed by atoms with Crippen LogP contribution in [0.25, 0.3) is 0 Å². The monoisotopic (exact) mass is 395 g/mol. The molecule has 0 saturated carbocycles. The van der Waals surface area contributed by atoms with Crippen LogP contribution >= 0.6 is 0 Å². The lowest BCUT2D eigenvalue weighted by atomic mass is 10.2. The zero-order valence-corrected chi connectivity index (χ0v) is 18.0. The van der Waals surface area contributed by atoms with Gasteiger partial charge in [-0.25, -0.2) is 13.4 Å². The molecule has 1 saturated heterocycles. The Morgan fingerprint density at radius 1 is 1.33 bits per heavy atom. The van der Waals surface area contributed by atoms with Gasteiger partial charge in [0, 0.05) is 25.2 Å². The number of para-hydroxylation sites is 1. The molecule has 6 nitrogen and oxygen atoms in total. The van der Waals surface area contributed by atoms with Crippen molar-refractivity contribution in [3.8, 4) is 5.75 Å². The first-order valence-electron chi connectivity index (χ1n) is 9.62. The van der Waals surface area contributed by atoms with Gasteiger partial charge in [0.25, 0.3) is 0 Å². The van der Waals surface area contributed by atoms with Gasteiger partial charge in [-0.2, -0.15) is 0 Å². The summed E-state index contributed by atoms with van der Waals surface area (Å²) in [5.41, 5.74) is 1.03. The molecule has 1 fully saturated rings. The van der Waals surface area contributed by atoms with Crippen molar-refractivity contribution in [3.63, 3.8) is 0 Å². The average molecular weight is 396 g/mol. The van der Waals surface area contributed by atoms with Crippen LogP contribution < -0.4 is 10.1 Å². The first-order valence-corrected chi connectivity index (χ1v) is 11.3. The van der Waals surface area contributed by atoms with E-state index in [1.807, 2.05) is 36.1 Å². The fourth-order valence-electron chi connectivity index (χ4n) is 2.94. The fraction of sp³-hybridized carbons (Fsp3) is 0.650. The second-order valence-electron chi connectivity index (χ2n) is 7.98. The van der Waals surface area contributed by atoms with Crippen LogP contribution in [0.15, 0.2) is 29.3 Å². The van der Waals surface area contributed by atoms with Crippen LogP contribution in [0.4, 0.5) is 0 Å². The van der Waals surface area contributed by atoms with Crippen LogP contribution in [0.3, 0.4) is 0 Å². The van der Waals surface area contributed by atoms with E-state index in [1.54, 1.807) is 13.8 Å². The number of benzene rings is 1. The molecule has 0 amide bonds. The lowest BCUT2D eigenvalue weighted by molar-refractivity contribution is 0.268. The van der Waals surface area contributed by atoms with Gasteiger partial charge in [0.15, 0.2) is 15.8 Å². The van der Waals surface area contributed by atoms with Gasteiger partial charge in [-0.3, -0.25) is 0 Å². The number of hydrogen-bond donors (Lipinski definition) is 1. The van der Waals surface area contributed by atoms with Crippen molar-refractivity contribution in [1.82, 2.24) is 10.2 Å². The Labute approximate surface area is 163 Å². The number of ether oxygens (including phenoxy) is 1. The van der Waals surface area contributed by atoms with Gasteiger partial charge >= 0.3 is 0 Å². The number of hydrogen-bond acceptors (Lipinski definition) is 4. The highest BCUT2D eigenvalue weighted by atomic mass is 32.2. The van der Waals surface area contributed by atoms with Gasteiger partial charge in [0.2, 0.25) is 0 Å². The Kier molecular flexibility index (Phi) is 7.14.